The first-order valence-corrected chi connectivity index (χ1v) is 4.87. The van der Waals surface area contributed by atoms with Gasteiger partial charge in [-0.05, 0) is 25.3 Å². The maximum atomic E-state index is 9.41. The highest BCUT2D eigenvalue weighted by atomic mass is 31.1. The molecular formula is C6H17NO3P+. The second kappa shape index (κ2) is 12.6. The third kappa shape index (κ3) is 25.6. The van der Waals surface area contributed by atoms with Crippen molar-refractivity contribution < 1.29 is 19.3 Å². The second-order valence-electron chi connectivity index (χ2n) is 1.75. The number of hydrogen-bond acceptors (Lipinski definition) is 3. The lowest BCUT2D eigenvalue weighted by Crippen LogP contribution is -2.82. The molecule has 0 aliphatic heterocycles. The van der Waals surface area contributed by atoms with Gasteiger partial charge in [0.25, 0.3) is 0 Å². The van der Waals surface area contributed by atoms with Gasteiger partial charge in [0.2, 0.25) is 0 Å². The molecule has 1 unspecified atom stereocenters. The summed E-state index contributed by atoms with van der Waals surface area (Å²) in [5.74, 6) is 0. The lowest BCUT2D eigenvalue weighted by atomic mass is 10.7. The molecule has 0 aromatic carbocycles. The lowest BCUT2D eigenvalue weighted by Gasteiger charge is -1.83. The largest absolute Gasteiger partial charge is 0.566 e. The van der Waals surface area contributed by atoms with Crippen molar-refractivity contribution in [2.24, 2.45) is 0 Å². The Bertz CT molecular complexity index is 87.9. The molecule has 68 valence electrons. The fourth-order valence-electron chi connectivity index (χ4n) is 0.394. The molecule has 0 fully saturated rings. The van der Waals surface area contributed by atoms with Gasteiger partial charge >= 0.3 is 8.25 Å². The zero-order valence-electron chi connectivity index (χ0n) is 7.37. The van der Waals surface area contributed by atoms with E-state index in [1.54, 1.807) is 6.92 Å². The molecule has 0 aliphatic carbocycles. The molecule has 5 heteroatoms. The van der Waals surface area contributed by atoms with Crippen molar-refractivity contribution in [3.05, 3.63) is 0 Å². The number of quaternary nitrogens is 1. The van der Waals surface area contributed by atoms with Crippen LogP contribution < -0.4 is 10.2 Å². The molecule has 0 heterocycles. The Morgan fingerprint density at radius 3 is 1.82 bits per heavy atom. The zero-order valence-corrected chi connectivity index (χ0v) is 8.27. The van der Waals surface area contributed by atoms with Gasteiger partial charge in [0.05, 0.1) is 19.7 Å². The molecule has 0 saturated heterocycles. The van der Waals surface area contributed by atoms with Gasteiger partial charge in [-0.1, -0.05) is 0 Å². The molecule has 0 amide bonds. The maximum absolute atomic E-state index is 9.41. The zero-order chi connectivity index (χ0) is 9.11. The Morgan fingerprint density at radius 2 is 1.82 bits per heavy atom. The predicted octanol–water partition coefficient (Wildman–Crippen LogP) is -0.370. The Kier molecular flexibility index (Phi) is 15.6. The molecule has 1 atom stereocenters. The van der Waals surface area contributed by atoms with Gasteiger partial charge in [-0.25, -0.2) is 0 Å². The minimum absolute atomic E-state index is 0.235. The topological polar surface area (TPSA) is 66.0 Å². The van der Waals surface area contributed by atoms with Gasteiger partial charge in [-0.2, -0.15) is 0 Å². The summed E-state index contributed by atoms with van der Waals surface area (Å²) in [4.78, 5) is 9.41. The maximum Gasteiger partial charge on any atom is 0.488 e. The van der Waals surface area contributed by atoms with E-state index in [0.717, 1.165) is 0 Å². The summed E-state index contributed by atoms with van der Waals surface area (Å²) in [5.41, 5.74) is 0. The number of rotatable bonds is 4. The first-order valence-electron chi connectivity index (χ1n) is 3.77. The first kappa shape index (κ1) is 13.6. The third-order valence-electron chi connectivity index (χ3n) is 0.812. The highest BCUT2D eigenvalue weighted by Crippen LogP contribution is 2.05. The van der Waals surface area contributed by atoms with Crippen molar-refractivity contribution in [2.45, 2.75) is 20.8 Å². The van der Waals surface area contributed by atoms with E-state index in [-0.39, 0.29) is 6.61 Å². The van der Waals surface area contributed by atoms with E-state index >= 15 is 0 Å². The van der Waals surface area contributed by atoms with Gasteiger partial charge in [0.15, 0.2) is 0 Å². The standard InChI is InChI=1S/C4H11N.C2H5O3P/c1-3-5-4-2;1-2-5-6(3)4/h5H,3-4H2,1-2H3;2H2,1H3/p+1. The van der Waals surface area contributed by atoms with E-state index < -0.39 is 8.25 Å². The van der Waals surface area contributed by atoms with Crippen molar-refractivity contribution in [3.8, 4) is 0 Å². The van der Waals surface area contributed by atoms with Crippen molar-refractivity contribution in [2.75, 3.05) is 19.7 Å². The SMILES string of the molecule is CCO[P+](=O)[O-].CC[NH2+]CC. The summed E-state index contributed by atoms with van der Waals surface area (Å²) in [5, 5.41) is 2.25. The van der Waals surface area contributed by atoms with Gasteiger partial charge < -0.3 is 10.2 Å². The molecule has 0 spiro atoms. The van der Waals surface area contributed by atoms with Gasteiger partial charge in [-0.15, -0.1) is 4.52 Å². The Balaban J connectivity index is 0. The van der Waals surface area contributed by atoms with Crippen molar-refractivity contribution in [1.29, 1.82) is 0 Å². The summed E-state index contributed by atoms with van der Waals surface area (Å²) in [7, 11) is -2.60. The summed E-state index contributed by atoms with van der Waals surface area (Å²) in [6.45, 7) is 8.60. The van der Waals surface area contributed by atoms with Crippen molar-refractivity contribution >= 4 is 8.25 Å². The first-order chi connectivity index (χ1) is 5.18. The van der Waals surface area contributed by atoms with Crippen molar-refractivity contribution in [1.82, 2.24) is 0 Å². The van der Waals surface area contributed by atoms with Crippen LogP contribution in [0.25, 0.3) is 0 Å². The van der Waals surface area contributed by atoms with Crippen LogP contribution >= 0.6 is 8.25 Å². The highest BCUT2D eigenvalue weighted by Gasteiger charge is 1.92. The smallest absolute Gasteiger partial charge is 0.488 e. The fourth-order valence-corrected chi connectivity index (χ4v) is 0.605. The molecule has 0 saturated carbocycles. The Hall–Kier alpha value is -0.0200. The van der Waals surface area contributed by atoms with E-state index in [9.17, 15) is 9.46 Å². The van der Waals surface area contributed by atoms with Crippen LogP contribution in [0.15, 0.2) is 0 Å². The summed E-state index contributed by atoms with van der Waals surface area (Å²) < 4.78 is 13.4. The van der Waals surface area contributed by atoms with E-state index in [1.165, 1.54) is 13.1 Å². The molecule has 0 bridgehead atoms. The van der Waals surface area contributed by atoms with Crippen LogP contribution in [-0.2, 0) is 9.09 Å². The van der Waals surface area contributed by atoms with Gasteiger partial charge in [0.1, 0.15) is 0 Å². The Labute approximate surface area is 68.9 Å². The normalized spacial score (nSPS) is 10.0. The monoisotopic (exact) mass is 182 g/mol. The van der Waals surface area contributed by atoms with E-state index in [0.29, 0.717) is 0 Å². The van der Waals surface area contributed by atoms with Crippen LogP contribution in [0.3, 0.4) is 0 Å². The highest BCUT2D eigenvalue weighted by molar-refractivity contribution is 7.30. The second-order valence-corrected chi connectivity index (χ2v) is 2.45. The molecule has 0 aromatic heterocycles. The average molecular weight is 182 g/mol. The van der Waals surface area contributed by atoms with Crippen LogP contribution in [0.1, 0.15) is 20.8 Å². The molecule has 4 nitrogen and oxygen atoms in total. The summed E-state index contributed by atoms with van der Waals surface area (Å²) >= 11 is 0. The average Bonchev–Trinajstić information content (AvgIpc) is 1.90. The fraction of sp³-hybridized carbons (Fsp3) is 1.00. The summed E-state index contributed by atoms with van der Waals surface area (Å²) in [6, 6.07) is 0. The lowest BCUT2D eigenvalue weighted by molar-refractivity contribution is -0.648. The van der Waals surface area contributed by atoms with Crippen molar-refractivity contribution in [3.63, 3.8) is 0 Å². The molecule has 11 heavy (non-hydrogen) atoms. The molecular weight excluding hydrogens is 165 g/mol. The molecule has 0 aliphatic rings. The van der Waals surface area contributed by atoms with Gasteiger partial charge in [0, 0.05) is 0 Å². The molecule has 0 rings (SSSR count). The van der Waals surface area contributed by atoms with E-state index in [2.05, 4.69) is 23.7 Å². The molecule has 0 aromatic rings. The van der Waals surface area contributed by atoms with Crippen LogP contribution in [0.5, 0.6) is 0 Å². The quantitative estimate of drug-likeness (QED) is 0.603. The van der Waals surface area contributed by atoms with E-state index in [4.69, 9.17) is 0 Å². The van der Waals surface area contributed by atoms with E-state index in [1.807, 2.05) is 0 Å². The van der Waals surface area contributed by atoms with Gasteiger partial charge in [-0.3, -0.25) is 0 Å². The number of hydrogen-bond donors (Lipinski definition) is 1. The van der Waals surface area contributed by atoms with Crippen LogP contribution in [0.4, 0.5) is 0 Å². The molecule has 0 radical (unpaired) electrons. The minimum Gasteiger partial charge on any atom is -0.566 e. The van der Waals surface area contributed by atoms with Crippen LogP contribution in [0, 0.1) is 0 Å². The number of nitrogens with two attached hydrogens (primary N) is 1. The predicted molar refractivity (Wildman–Crippen MR) is 42.2 cm³/mol. The summed E-state index contributed by atoms with van der Waals surface area (Å²) in [6.07, 6.45) is 0. The molecule has 2 N–H and O–H groups in total. The minimum atomic E-state index is -2.60. The Morgan fingerprint density at radius 1 is 1.36 bits per heavy atom. The van der Waals surface area contributed by atoms with Crippen LogP contribution in [-0.4, -0.2) is 19.7 Å². The van der Waals surface area contributed by atoms with Crippen LogP contribution in [0.2, 0.25) is 0 Å². The third-order valence-corrected chi connectivity index (χ3v) is 1.28.